The van der Waals surface area contributed by atoms with Crippen LogP contribution in [0.2, 0.25) is 5.02 Å². The highest BCUT2D eigenvalue weighted by atomic mass is 35.5. The van der Waals surface area contributed by atoms with E-state index >= 15 is 0 Å². The molecule has 0 aliphatic rings. The molecule has 0 saturated heterocycles. The molecule has 0 bridgehead atoms. The normalized spacial score (nSPS) is 11.5. The Morgan fingerprint density at radius 3 is 2.39 bits per heavy atom. The summed E-state index contributed by atoms with van der Waals surface area (Å²) >= 11 is 6.31. The van der Waals surface area contributed by atoms with Gasteiger partial charge in [0, 0.05) is 29.7 Å². The van der Waals surface area contributed by atoms with Crippen molar-refractivity contribution in [2.24, 2.45) is 0 Å². The molecule has 3 aromatic rings. The van der Waals surface area contributed by atoms with E-state index in [2.05, 4.69) is 0 Å². The van der Waals surface area contributed by atoms with Gasteiger partial charge in [0.25, 0.3) is 0 Å². The first-order valence-electron chi connectivity index (χ1n) is 9.13. The lowest BCUT2D eigenvalue weighted by Crippen LogP contribution is -2.26. The zero-order chi connectivity index (χ0) is 22.6. The fourth-order valence-corrected chi connectivity index (χ4v) is 4.36. The Balaban J connectivity index is 1.94. The summed E-state index contributed by atoms with van der Waals surface area (Å²) in [7, 11) is -2.42. The molecule has 0 aliphatic heterocycles. The molecule has 3 rings (SSSR count). The summed E-state index contributed by atoms with van der Waals surface area (Å²) < 4.78 is 45.3. The molecule has 3 aromatic carbocycles. The molecule has 0 saturated carbocycles. The van der Waals surface area contributed by atoms with E-state index in [4.69, 9.17) is 21.4 Å². The molecule has 6 nitrogen and oxygen atoms in total. The van der Waals surface area contributed by atoms with E-state index in [9.17, 15) is 17.6 Å². The fraction of sp³-hybridized carbons (Fsp3) is 0.136. The van der Waals surface area contributed by atoms with Crippen LogP contribution in [-0.2, 0) is 21.4 Å². The van der Waals surface area contributed by atoms with Gasteiger partial charge in [0.2, 0.25) is 10.0 Å². The zero-order valence-electron chi connectivity index (χ0n) is 16.5. The smallest absolute Gasteiger partial charge is 0.341 e. The van der Waals surface area contributed by atoms with Crippen LogP contribution in [0, 0.1) is 5.82 Å². The lowest BCUT2D eigenvalue weighted by atomic mass is 10.0. The number of sulfonamides is 1. The summed E-state index contributed by atoms with van der Waals surface area (Å²) in [5, 5.41) is 9.37. The fourth-order valence-electron chi connectivity index (χ4n) is 2.96. The van der Waals surface area contributed by atoms with Gasteiger partial charge in [-0.3, -0.25) is 0 Å². The molecule has 0 fully saturated rings. The van der Waals surface area contributed by atoms with E-state index in [-0.39, 0.29) is 11.4 Å². The average Bonchev–Trinajstić information content (AvgIpc) is 2.73. The number of carboxylic acids is 1. The topological polar surface area (TPSA) is 83.9 Å². The maximum atomic E-state index is 13.1. The largest absolute Gasteiger partial charge is 0.481 e. The highest BCUT2D eigenvalue weighted by molar-refractivity contribution is 7.89. The van der Waals surface area contributed by atoms with Crippen molar-refractivity contribution < 1.29 is 27.4 Å². The van der Waals surface area contributed by atoms with Crippen molar-refractivity contribution in [3.05, 3.63) is 83.1 Å². The van der Waals surface area contributed by atoms with Gasteiger partial charge in [-0.2, -0.15) is 4.31 Å². The molecule has 0 aliphatic carbocycles. The zero-order valence-corrected chi connectivity index (χ0v) is 18.0. The SMILES string of the molecule is CN(Cc1ccc(OCC(=O)O)c(-c2ccccc2Cl)c1)S(=O)(=O)c1ccc(F)cc1. The van der Waals surface area contributed by atoms with E-state index in [1.807, 2.05) is 0 Å². The third-order valence-corrected chi connectivity index (χ3v) is 6.63. The van der Waals surface area contributed by atoms with Crippen molar-refractivity contribution >= 4 is 27.6 Å². The van der Waals surface area contributed by atoms with E-state index in [0.29, 0.717) is 27.5 Å². The molecule has 9 heteroatoms. The summed E-state index contributed by atoms with van der Waals surface area (Å²) in [4.78, 5) is 10.9. The monoisotopic (exact) mass is 463 g/mol. The molecule has 1 N–H and O–H groups in total. The average molecular weight is 464 g/mol. The minimum absolute atomic E-state index is 0.0239. The van der Waals surface area contributed by atoms with Gasteiger partial charge in [0.1, 0.15) is 11.6 Å². The summed E-state index contributed by atoms with van der Waals surface area (Å²) in [6.45, 7) is -0.508. The summed E-state index contributed by atoms with van der Waals surface area (Å²) in [5.41, 5.74) is 1.79. The van der Waals surface area contributed by atoms with E-state index < -0.39 is 28.4 Å². The number of hydrogen-bond donors (Lipinski definition) is 1. The molecule has 0 unspecified atom stereocenters. The maximum absolute atomic E-state index is 13.1. The van der Waals surface area contributed by atoms with Crippen molar-refractivity contribution in [3.8, 4) is 16.9 Å². The van der Waals surface area contributed by atoms with Crippen LogP contribution in [0.4, 0.5) is 4.39 Å². The van der Waals surface area contributed by atoms with Crippen molar-refractivity contribution in [3.63, 3.8) is 0 Å². The Kier molecular flexibility index (Phi) is 6.94. The van der Waals surface area contributed by atoms with Crippen LogP contribution in [0.3, 0.4) is 0 Å². The predicted octanol–water partition coefficient (Wildman–Crippen LogP) is 4.43. The first kappa shape index (κ1) is 22.7. The summed E-state index contributed by atoms with van der Waals surface area (Å²) in [5.74, 6) is -1.34. The highest BCUT2D eigenvalue weighted by Crippen LogP contribution is 2.36. The molecule has 162 valence electrons. The Morgan fingerprint density at radius 1 is 1.06 bits per heavy atom. The second-order valence-corrected chi connectivity index (χ2v) is 9.16. The maximum Gasteiger partial charge on any atom is 0.341 e. The van der Waals surface area contributed by atoms with Crippen molar-refractivity contribution in [1.82, 2.24) is 4.31 Å². The molecule has 0 heterocycles. The molecular weight excluding hydrogens is 445 g/mol. The number of rotatable bonds is 8. The quantitative estimate of drug-likeness (QED) is 0.534. The van der Waals surface area contributed by atoms with Gasteiger partial charge in [-0.25, -0.2) is 17.6 Å². The lowest BCUT2D eigenvalue weighted by Gasteiger charge is -2.19. The number of aliphatic carboxylic acids is 1. The summed E-state index contributed by atoms with van der Waals surface area (Å²) in [6, 6.07) is 16.5. The minimum Gasteiger partial charge on any atom is -0.481 e. The van der Waals surface area contributed by atoms with Gasteiger partial charge < -0.3 is 9.84 Å². The van der Waals surface area contributed by atoms with Gasteiger partial charge in [-0.05, 0) is 48.0 Å². The van der Waals surface area contributed by atoms with Gasteiger partial charge in [-0.1, -0.05) is 35.9 Å². The van der Waals surface area contributed by atoms with E-state index in [1.165, 1.54) is 19.2 Å². The molecule has 0 radical (unpaired) electrons. The van der Waals surface area contributed by atoms with Crippen LogP contribution >= 0.6 is 11.6 Å². The Morgan fingerprint density at radius 2 is 1.74 bits per heavy atom. The van der Waals surface area contributed by atoms with Gasteiger partial charge in [0.15, 0.2) is 6.61 Å². The van der Waals surface area contributed by atoms with Crippen molar-refractivity contribution in [2.45, 2.75) is 11.4 Å². The van der Waals surface area contributed by atoms with E-state index in [0.717, 1.165) is 16.4 Å². The Bertz CT molecular complexity index is 1200. The van der Waals surface area contributed by atoms with Crippen LogP contribution < -0.4 is 4.74 Å². The van der Waals surface area contributed by atoms with Gasteiger partial charge in [0.05, 0.1) is 4.90 Å². The van der Waals surface area contributed by atoms with Crippen LogP contribution in [0.25, 0.3) is 11.1 Å². The van der Waals surface area contributed by atoms with Crippen LogP contribution in [0.5, 0.6) is 5.75 Å². The molecule has 0 aromatic heterocycles. The van der Waals surface area contributed by atoms with Gasteiger partial charge >= 0.3 is 5.97 Å². The lowest BCUT2D eigenvalue weighted by molar-refractivity contribution is -0.139. The van der Waals surface area contributed by atoms with E-state index in [1.54, 1.807) is 42.5 Å². The molecule has 31 heavy (non-hydrogen) atoms. The second kappa shape index (κ2) is 9.47. The Hall–Kier alpha value is -2.94. The number of halogens is 2. The standard InChI is InChI=1S/C22H19ClFNO5S/c1-25(31(28,29)17-9-7-16(24)8-10-17)13-15-6-11-21(30-14-22(26)27)19(12-15)18-4-2-3-5-20(18)23/h2-12H,13-14H2,1H3,(H,26,27). The molecule has 0 atom stereocenters. The highest BCUT2D eigenvalue weighted by Gasteiger charge is 2.22. The predicted molar refractivity (Wildman–Crippen MR) is 115 cm³/mol. The third-order valence-electron chi connectivity index (χ3n) is 4.49. The second-order valence-electron chi connectivity index (χ2n) is 6.71. The first-order chi connectivity index (χ1) is 14.7. The van der Waals surface area contributed by atoms with Crippen LogP contribution in [-0.4, -0.2) is 37.5 Å². The third kappa shape index (κ3) is 5.41. The summed E-state index contributed by atoms with van der Waals surface area (Å²) in [6.07, 6.45) is 0. The number of carboxylic acid groups (broad SMARTS) is 1. The molecule has 0 amide bonds. The minimum atomic E-state index is -3.84. The number of carbonyl (C=O) groups is 1. The van der Waals surface area contributed by atoms with Crippen molar-refractivity contribution in [1.29, 1.82) is 0 Å². The van der Waals surface area contributed by atoms with Gasteiger partial charge in [-0.15, -0.1) is 0 Å². The number of benzene rings is 3. The van der Waals surface area contributed by atoms with Crippen LogP contribution in [0.1, 0.15) is 5.56 Å². The number of ether oxygens (including phenoxy) is 1. The van der Waals surface area contributed by atoms with Crippen molar-refractivity contribution in [2.75, 3.05) is 13.7 Å². The number of hydrogen-bond acceptors (Lipinski definition) is 4. The first-order valence-corrected chi connectivity index (χ1v) is 10.9. The van der Waals surface area contributed by atoms with Crippen LogP contribution in [0.15, 0.2) is 71.6 Å². The Labute approximate surface area is 184 Å². The molecule has 0 spiro atoms. The molecular formula is C22H19ClFNO5S. The number of nitrogens with zero attached hydrogens (tertiary/aromatic N) is 1.